The van der Waals surface area contributed by atoms with Crippen LogP contribution < -0.4 is 10.1 Å². The topological polar surface area (TPSA) is 38.3 Å². The van der Waals surface area contributed by atoms with Gasteiger partial charge in [0.25, 0.3) is 5.91 Å². The Bertz CT molecular complexity index is 484. The predicted octanol–water partition coefficient (Wildman–Crippen LogP) is 2.56. The number of alkyl halides is 3. The summed E-state index contributed by atoms with van der Waals surface area (Å²) < 4.78 is 55.4. The summed E-state index contributed by atoms with van der Waals surface area (Å²) in [4.78, 5) is 11.2. The van der Waals surface area contributed by atoms with E-state index in [1.165, 1.54) is 6.92 Å². The molecule has 0 radical (unpaired) electrons. The van der Waals surface area contributed by atoms with Gasteiger partial charge in [0.15, 0.2) is 17.7 Å². The van der Waals surface area contributed by atoms with Crippen molar-refractivity contribution in [2.45, 2.75) is 19.2 Å². The Morgan fingerprint density at radius 2 is 2.00 bits per heavy atom. The molecule has 1 aromatic carbocycles. The zero-order valence-electron chi connectivity index (χ0n) is 8.56. The number of hydrogen-bond donors (Lipinski definition) is 1. The van der Waals surface area contributed by atoms with Crippen molar-refractivity contribution in [3.8, 4) is 5.75 Å². The lowest BCUT2D eigenvalue weighted by Crippen LogP contribution is -2.35. The van der Waals surface area contributed by atoms with Gasteiger partial charge in [-0.3, -0.25) is 4.79 Å². The number of fused-ring (bicyclic) bond motifs is 1. The molecule has 1 amide bonds. The quantitative estimate of drug-likeness (QED) is 0.717. The van der Waals surface area contributed by atoms with Gasteiger partial charge in [0, 0.05) is 0 Å². The highest BCUT2D eigenvalue weighted by atomic mass is 19.4. The van der Waals surface area contributed by atoms with Crippen LogP contribution in [-0.4, -0.2) is 12.0 Å². The van der Waals surface area contributed by atoms with Crippen LogP contribution in [0.4, 0.5) is 23.2 Å². The highest BCUT2D eigenvalue weighted by molar-refractivity contribution is 5.97. The van der Waals surface area contributed by atoms with Gasteiger partial charge in [0.1, 0.15) is 0 Å². The van der Waals surface area contributed by atoms with Crippen LogP contribution in [-0.2, 0) is 11.0 Å². The van der Waals surface area contributed by atoms with E-state index in [0.29, 0.717) is 12.1 Å². The third-order valence-corrected chi connectivity index (χ3v) is 2.29. The minimum Gasteiger partial charge on any atom is -0.476 e. The summed E-state index contributed by atoms with van der Waals surface area (Å²) in [6.07, 6.45) is -5.61. The molecular weight excluding hydrogens is 242 g/mol. The first-order chi connectivity index (χ1) is 7.79. The van der Waals surface area contributed by atoms with Crippen molar-refractivity contribution in [2.24, 2.45) is 0 Å². The lowest BCUT2D eigenvalue weighted by Gasteiger charge is -2.24. The van der Waals surface area contributed by atoms with Gasteiger partial charge in [-0.2, -0.15) is 13.2 Å². The Kier molecular flexibility index (Phi) is 2.48. The number of halogens is 4. The number of ether oxygens (including phenoxy) is 1. The molecule has 0 saturated carbocycles. The van der Waals surface area contributed by atoms with E-state index in [9.17, 15) is 22.4 Å². The minimum atomic E-state index is -4.68. The van der Waals surface area contributed by atoms with Crippen LogP contribution >= 0.6 is 0 Å². The number of nitrogens with one attached hydrogen (secondary N) is 1. The van der Waals surface area contributed by atoms with Crippen LogP contribution in [0.2, 0.25) is 0 Å². The molecule has 0 unspecified atom stereocenters. The van der Waals surface area contributed by atoms with E-state index >= 15 is 0 Å². The van der Waals surface area contributed by atoms with Crippen molar-refractivity contribution in [3.05, 3.63) is 23.5 Å². The summed E-state index contributed by atoms with van der Waals surface area (Å²) >= 11 is 0. The Hall–Kier alpha value is -1.79. The van der Waals surface area contributed by atoms with E-state index < -0.39 is 29.6 Å². The molecule has 0 saturated heterocycles. The maximum atomic E-state index is 13.4. The summed E-state index contributed by atoms with van der Waals surface area (Å²) in [5.74, 6) is -2.14. The molecule has 1 atom stereocenters. The lowest BCUT2D eigenvalue weighted by molar-refractivity contribution is -0.138. The SMILES string of the molecule is C[C@H]1Oc2c(F)cc(C(F)(F)F)cc2NC1=O. The number of carbonyl (C=O) groups excluding carboxylic acids is 1. The van der Waals surface area contributed by atoms with Crippen LogP contribution in [0.3, 0.4) is 0 Å². The average Bonchev–Trinajstić information content (AvgIpc) is 2.19. The molecule has 0 aliphatic carbocycles. The normalized spacial score (nSPS) is 19.4. The van der Waals surface area contributed by atoms with Gasteiger partial charge in [0.2, 0.25) is 0 Å². The molecule has 1 aromatic rings. The minimum absolute atomic E-state index is 0.305. The lowest BCUT2D eigenvalue weighted by atomic mass is 10.1. The molecule has 92 valence electrons. The zero-order valence-corrected chi connectivity index (χ0v) is 8.56. The number of anilines is 1. The number of benzene rings is 1. The van der Waals surface area contributed by atoms with Gasteiger partial charge in [0.05, 0.1) is 11.3 Å². The van der Waals surface area contributed by atoms with Gasteiger partial charge in [-0.1, -0.05) is 0 Å². The van der Waals surface area contributed by atoms with Crippen LogP contribution in [0.5, 0.6) is 5.75 Å². The number of carbonyl (C=O) groups is 1. The number of hydrogen-bond acceptors (Lipinski definition) is 2. The molecule has 7 heteroatoms. The second-order valence-corrected chi connectivity index (χ2v) is 3.58. The smallest absolute Gasteiger partial charge is 0.416 e. The number of rotatable bonds is 0. The molecule has 3 nitrogen and oxygen atoms in total. The second-order valence-electron chi connectivity index (χ2n) is 3.58. The van der Waals surface area contributed by atoms with Crippen molar-refractivity contribution in [3.63, 3.8) is 0 Å². The second kappa shape index (κ2) is 3.61. The van der Waals surface area contributed by atoms with Crippen molar-refractivity contribution in [1.82, 2.24) is 0 Å². The predicted molar refractivity (Wildman–Crippen MR) is 50.1 cm³/mol. The van der Waals surface area contributed by atoms with Crippen molar-refractivity contribution in [2.75, 3.05) is 5.32 Å². The summed E-state index contributed by atoms with van der Waals surface area (Å²) in [7, 11) is 0. The molecule has 1 aliphatic rings. The Morgan fingerprint density at radius 1 is 1.35 bits per heavy atom. The summed E-state index contributed by atoms with van der Waals surface area (Å²) in [6, 6.07) is 0.977. The first kappa shape index (κ1) is 11.7. The van der Waals surface area contributed by atoms with E-state index in [4.69, 9.17) is 4.74 Å². The maximum absolute atomic E-state index is 13.4. The van der Waals surface area contributed by atoms with Crippen LogP contribution in [0, 0.1) is 5.82 Å². The van der Waals surface area contributed by atoms with E-state index in [2.05, 4.69) is 5.32 Å². The number of amides is 1. The molecule has 2 rings (SSSR count). The van der Waals surface area contributed by atoms with Gasteiger partial charge < -0.3 is 10.1 Å². The highest BCUT2D eigenvalue weighted by Gasteiger charge is 2.35. The monoisotopic (exact) mass is 249 g/mol. The van der Waals surface area contributed by atoms with E-state index in [-0.39, 0.29) is 11.4 Å². The van der Waals surface area contributed by atoms with E-state index in [0.717, 1.165) is 0 Å². The third kappa shape index (κ3) is 2.04. The summed E-state index contributed by atoms with van der Waals surface area (Å²) in [5, 5.41) is 2.16. The standard InChI is InChI=1S/C10H7F4NO2/c1-4-9(16)15-7-3-5(10(12,13)14)2-6(11)8(7)17-4/h2-4H,1H3,(H,15,16)/t4-/m1/s1. The van der Waals surface area contributed by atoms with E-state index in [1.807, 2.05) is 0 Å². The molecule has 1 heterocycles. The molecule has 1 aliphatic heterocycles. The third-order valence-electron chi connectivity index (χ3n) is 2.29. The van der Waals surface area contributed by atoms with E-state index in [1.54, 1.807) is 0 Å². The Balaban J connectivity index is 2.52. The first-order valence-corrected chi connectivity index (χ1v) is 4.67. The molecule has 0 aromatic heterocycles. The molecular formula is C10H7F4NO2. The van der Waals surface area contributed by atoms with Gasteiger partial charge in [-0.15, -0.1) is 0 Å². The molecule has 0 spiro atoms. The van der Waals surface area contributed by atoms with Gasteiger partial charge in [-0.05, 0) is 19.1 Å². The van der Waals surface area contributed by atoms with Crippen LogP contribution in [0.15, 0.2) is 12.1 Å². The zero-order chi connectivity index (χ0) is 12.8. The largest absolute Gasteiger partial charge is 0.476 e. The fraction of sp³-hybridized carbons (Fsp3) is 0.300. The van der Waals surface area contributed by atoms with Crippen LogP contribution in [0.1, 0.15) is 12.5 Å². The Morgan fingerprint density at radius 3 is 2.59 bits per heavy atom. The van der Waals surface area contributed by atoms with Gasteiger partial charge >= 0.3 is 6.18 Å². The van der Waals surface area contributed by atoms with Crippen LogP contribution in [0.25, 0.3) is 0 Å². The molecule has 0 fully saturated rings. The fourth-order valence-electron chi connectivity index (χ4n) is 1.43. The molecule has 0 bridgehead atoms. The fourth-order valence-corrected chi connectivity index (χ4v) is 1.43. The first-order valence-electron chi connectivity index (χ1n) is 4.67. The van der Waals surface area contributed by atoms with Gasteiger partial charge in [-0.25, -0.2) is 4.39 Å². The van der Waals surface area contributed by atoms with Crippen molar-refractivity contribution >= 4 is 11.6 Å². The molecule has 1 N–H and O–H groups in total. The van der Waals surface area contributed by atoms with Crippen molar-refractivity contribution < 1.29 is 27.1 Å². The summed E-state index contributed by atoms with van der Waals surface area (Å²) in [6.45, 7) is 1.37. The van der Waals surface area contributed by atoms with Crippen molar-refractivity contribution in [1.29, 1.82) is 0 Å². The Labute approximate surface area is 93.4 Å². The maximum Gasteiger partial charge on any atom is 0.416 e. The summed E-state index contributed by atoms with van der Waals surface area (Å²) in [5.41, 5.74) is -1.48. The average molecular weight is 249 g/mol. The highest BCUT2D eigenvalue weighted by Crippen LogP contribution is 2.39. The molecule has 17 heavy (non-hydrogen) atoms.